The summed E-state index contributed by atoms with van der Waals surface area (Å²) in [5, 5.41) is 9.24. The standard InChI is InChI=1S/C14H16BrN3O/c15-12-8-17-9-13(16)14(12)18(6-7-19)10-11-4-2-1-3-5-11/h1-5,8-9,19H,6-7,10,16H2. The van der Waals surface area contributed by atoms with Crippen LogP contribution in [0.1, 0.15) is 5.56 Å². The molecule has 19 heavy (non-hydrogen) atoms. The van der Waals surface area contributed by atoms with Gasteiger partial charge in [0.25, 0.3) is 0 Å². The van der Waals surface area contributed by atoms with Crippen LogP contribution in [0.25, 0.3) is 0 Å². The summed E-state index contributed by atoms with van der Waals surface area (Å²) in [5.41, 5.74) is 8.62. The number of nitrogens with zero attached hydrogens (tertiary/aromatic N) is 2. The number of nitrogen functional groups attached to an aromatic ring is 1. The van der Waals surface area contributed by atoms with Crippen LogP contribution in [-0.2, 0) is 6.54 Å². The smallest absolute Gasteiger partial charge is 0.0779 e. The van der Waals surface area contributed by atoms with Crippen LogP contribution in [0.3, 0.4) is 0 Å². The Morgan fingerprint density at radius 2 is 1.95 bits per heavy atom. The molecule has 0 aliphatic heterocycles. The molecule has 0 amide bonds. The van der Waals surface area contributed by atoms with Crippen molar-refractivity contribution in [2.75, 3.05) is 23.8 Å². The summed E-state index contributed by atoms with van der Waals surface area (Å²) in [6.07, 6.45) is 3.33. The Hall–Kier alpha value is -1.59. The van der Waals surface area contributed by atoms with Crippen molar-refractivity contribution in [3.63, 3.8) is 0 Å². The molecule has 3 N–H and O–H groups in total. The fraction of sp³-hybridized carbons (Fsp3) is 0.214. The van der Waals surface area contributed by atoms with E-state index >= 15 is 0 Å². The van der Waals surface area contributed by atoms with Gasteiger partial charge in [-0.25, -0.2) is 0 Å². The third-order valence-electron chi connectivity index (χ3n) is 2.80. The predicted molar refractivity (Wildman–Crippen MR) is 80.9 cm³/mol. The SMILES string of the molecule is Nc1cncc(Br)c1N(CCO)Cc1ccccc1. The maximum atomic E-state index is 9.24. The number of nitrogens with two attached hydrogens (primary N) is 1. The fourth-order valence-electron chi connectivity index (χ4n) is 1.97. The number of aliphatic hydroxyl groups is 1. The number of hydrogen-bond donors (Lipinski definition) is 2. The van der Waals surface area contributed by atoms with Crippen LogP contribution in [0.2, 0.25) is 0 Å². The summed E-state index contributed by atoms with van der Waals surface area (Å²) in [5.74, 6) is 0. The monoisotopic (exact) mass is 321 g/mol. The Labute approximate surface area is 121 Å². The summed E-state index contributed by atoms with van der Waals surface area (Å²) in [6, 6.07) is 10.1. The normalized spacial score (nSPS) is 10.4. The highest BCUT2D eigenvalue weighted by Gasteiger charge is 2.14. The molecule has 0 aliphatic carbocycles. The molecule has 0 aliphatic rings. The van der Waals surface area contributed by atoms with E-state index in [9.17, 15) is 5.11 Å². The Morgan fingerprint density at radius 1 is 1.21 bits per heavy atom. The second-order valence-electron chi connectivity index (χ2n) is 4.19. The van der Waals surface area contributed by atoms with Gasteiger partial charge in [-0.05, 0) is 21.5 Å². The van der Waals surface area contributed by atoms with Crippen LogP contribution < -0.4 is 10.6 Å². The molecule has 0 spiro atoms. The van der Waals surface area contributed by atoms with Gasteiger partial charge in [0.1, 0.15) is 0 Å². The molecule has 0 saturated carbocycles. The highest BCUT2D eigenvalue weighted by atomic mass is 79.9. The molecule has 2 aromatic rings. The molecular formula is C14H16BrN3O. The minimum absolute atomic E-state index is 0.0705. The van der Waals surface area contributed by atoms with Gasteiger partial charge in [0, 0.05) is 19.3 Å². The number of hydrogen-bond acceptors (Lipinski definition) is 4. The second-order valence-corrected chi connectivity index (χ2v) is 5.04. The predicted octanol–water partition coefficient (Wildman–Crippen LogP) is 2.43. The largest absolute Gasteiger partial charge is 0.396 e. The lowest BCUT2D eigenvalue weighted by atomic mass is 10.2. The van der Waals surface area contributed by atoms with Gasteiger partial charge in [-0.1, -0.05) is 30.3 Å². The van der Waals surface area contributed by atoms with E-state index in [-0.39, 0.29) is 6.61 Å². The van der Waals surface area contributed by atoms with Crippen LogP contribution in [0, 0.1) is 0 Å². The maximum Gasteiger partial charge on any atom is 0.0779 e. The lowest BCUT2D eigenvalue weighted by Gasteiger charge is -2.26. The Morgan fingerprint density at radius 3 is 2.58 bits per heavy atom. The van der Waals surface area contributed by atoms with E-state index in [0.29, 0.717) is 18.8 Å². The van der Waals surface area contributed by atoms with Crippen LogP contribution in [0.4, 0.5) is 11.4 Å². The molecule has 4 nitrogen and oxygen atoms in total. The van der Waals surface area contributed by atoms with Gasteiger partial charge in [0.05, 0.1) is 28.7 Å². The molecular weight excluding hydrogens is 306 g/mol. The topological polar surface area (TPSA) is 62.4 Å². The van der Waals surface area contributed by atoms with E-state index in [1.54, 1.807) is 12.4 Å². The van der Waals surface area contributed by atoms with Crippen molar-refractivity contribution in [2.45, 2.75) is 6.54 Å². The van der Waals surface area contributed by atoms with Crippen molar-refractivity contribution < 1.29 is 5.11 Å². The summed E-state index contributed by atoms with van der Waals surface area (Å²) >= 11 is 3.47. The van der Waals surface area contributed by atoms with Gasteiger partial charge in [-0.3, -0.25) is 4.98 Å². The first kappa shape index (κ1) is 13.8. The first-order valence-corrected chi connectivity index (χ1v) is 6.80. The van der Waals surface area contributed by atoms with Crippen molar-refractivity contribution in [2.24, 2.45) is 0 Å². The van der Waals surface area contributed by atoms with E-state index in [2.05, 4.69) is 33.0 Å². The summed E-state index contributed by atoms with van der Waals surface area (Å²) in [4.78, 5) is 6.07. The van der Waals surface area contributed by atoms with Crippen LogP contribution in [0.5, 0.6) is 0 Å². The van der Waals surface area contributed by atoms with Gasteiger partial charge in [-0.2, -0.15) is 0 Å². The van der Waals surface area contributed by atoms with Crippen molar-refractivity contribution in [1.82, 2.24) is 4.98 Å². The Balaban J connectivity index is 2.30. The summed E-state index contributed by atoms with van der Waals surface area (Å²) in [6.45, 7) is 1.27. The zero-order chi connectivity index (χ0) is 13.7. The molecule has 1 aromatic carbocycles. The third-order valence-corrected chi connectivity index (χ3v) is 3.38. The minimum atomic E-state index is 0.0705. The van der Waals surface area contributed by atoms with Crippen molar-refractivity contribution in [3.8, 4) is 0 Å². The van der Waals surface area contributed by atoms with Crippen LogP contribution in [0.15, 0.2) is 47.2 Å². The van der Waals surface area contributed by atoms with Crippen molar-refractivity contribution in [1.29, 1.82) is 0 Å². The number of pyridine rings is 1. The molecule has 0 unspecified atom stereocenters. The number of halogens is 1. The zero-order valence-electron chi connectivity index (χ0n) is 10.5. The highest BCUT2D eigenvalue weighted by molar-refractivity contribution is 9.10. The van der Waals surface area contributed by atoms with Gasteiger partial charge in [-0.15, -0.1) is 0 Å². The molecule has 0 atom stereocenters. The molecule has 0 radical (unpaired) electrons. The first-order valence-electron chi connectivity index (χ1n) is 6.01. The number of aromatic nitrogens is 1. The number of benzene rings is 1. The number of anilines is 2. The lowest BCUT2D eigenvalue weighted by molar-refractivity contribution is 0.301. The van der Waals surface area contributed by atoms with Crippen molar-refractivity contribution in [3.05, 3.63) is 52.8 Å². The molecule has 2 rings (SSSR count). The second kappa shape index (κ2) is 6.54. The fourth-order valence-corrected chi connectivity index (χ4v) is 2.57. The quantitative estimate of drug-likeness (QED) is 0.887. The zero-order valence-corrected chi connectivity index (χ0v) is 12.0. The molecule has 1 aromatic heterocycles. The van der Waals surface area contributed by atoms with Gasteiger partial charge >= 0.3 is 0 Å². The van der Waals surface area contributed by atoms with E-state index in [4.69, 9.17) is 5.73 Å². The maximum absolute atomic E-state index is 9.24. The Bertz CT molecular complexity index is 513. The van der Waals surface area contributed by atoms with Gasteiger partial charge in [0.15, 0.2) is 0 Å². The summed E-state index contributed by atoms with van der Waals surface area (Å²) < 4.78 is 0.830. The van der Waals surface area contributed by atoms with E-state index in [0.717, 1.165) is 10.2 Å². The number of aliphatic hydroxyl groups excluding tert-OH is 1. The molecule has 0 fully saturated rings. The minimum Gasteiger partial charge on any atom is -0.396 e. The highest BCUT2D eigenvalue weighted by Crippen LogP contribution is 2.32. The van der Waals surface area contributed by atoms with E-state index in [1.807, 2.05) is 23.1 Å². The van der Waals surface area contributed by atoms with E-state index < -0.39 is 0 Å². The van der Waals surface area contributed by atoms with Crippen molar-refractivity contribution >= 4 is 27.3 Å². The average Bonchev–Trinajstić information content (AvgIpc) is 2.40. The number of rotatable bonds is 5. The molecule has 0 saturated heterocycles. The van der Waals surface area contributed by atoms with E-state index in [1.165, 1.54) is 5.56 Å². The first-order chi connectivity index (χ1) is 9.22. The van der Waals surface area contributed by atoms with Crippen LogP contribution >= 0.6 is 15.9 Å². The molecule has 5 heteroatoms. The average molecular weight is 322 g/mol. The third kappa shape index (κ3) is 3.45. The molecule has 1 heterocycles. The van der Waals surface area contributed by atoms with Crippen LogP contribution in [-0.4, -0.2) is 23.2 Å². The van der Waals surface area contributed by atoms with Gasteiger partial charge < -0.3 is 15.7 Å². The summed E-state index contributed by atoms with van der Waals surface area (Å²) in [7, 11) is 0. The molecule has 0 bridgehead atoms. The molecule has 100 valence electrons. The van der Waals surface area contributed by atoms with Gasteiger partial charge in [0.2, 0.25) is 0 Å². The lowest BCUT2D eigenvalue weighted by Crippen LogP contribution is -2.27. The Kier molecular flexibility index (Phi) is 4.76.